The van der Waals surface area contributed by atoms with E-state index in [1.165, 1.54) is 17.4 Å². The lowest BCUT2D eigenvalue weighted by atomic mass is 10.3. The summed E-state index contributed by atoms with van der Waals surface area (Å²) in [4.78, 5) is 14.1. The van der Waals surface area contributed by atoms with Crippen LogP contribution in [-0.2, 0) is 4.79 Å². The highest BCUT2D eigenvalue weighted by Crippen LogP contribution is 2.36. The Morgan fingerprint density at radius 3 is 2.35 bits per heavy atom. The highest BCUT2D eigenvalue weighted by Gasteiger charge is 2.63. The number of nitrogens with zero attached hydrogens (tertiary/aromatic N) is 1. The van der Waals surface area contributed by atoms with E-state index in [4.69, 9.17) is 11.6 Å². The number of carbonyl (C=O) groups is 1. The fraction of sp³-hybridized carbons (Fsp3) is 0.250. The Kier molecular flexibility index (Phi) is 3.56. The summed E-state index contributed by atoms with van der Waals surface area (Å²) in [5, 5.41) is 1.05. The van der Waals surface area contributed by atoms with Crippen LogP contribution in [0.2, 0.25) is 5.02 Å². The van der Waals surface area contributed by atoms with Gasteiger partial charge < -0.3 is 5.32 Å². The van der Waals surface area contributed by atoms with E-state index in [9.17, 15) is 26.7 Å². The minimum absolute atomic E-state index is 0.251. The first-order valence-electron chi connectivity index (χ1n) is 4.03. The van der Waals surface area contributed by atoms with Gasteiger partial charge in [0.1, 0.15) is 0 Å². The van der Waals surface area contributed by atoms with E-state index in [0.717, 1.165) is 6.20 Å². The van der Waals surface area contributed by atoms with Crippen LogP contribution in [0.1, 0.15) is 0 Å². The predicted octanol–water partition coefficient (Wildman–Crippen LogP) is 2.87. The molecule has 0 aromatic carbocycles. The third kappa shape index (κ3) is 2.82. The summed E-state index contributed by atoms with van der Waals surface area (Å²) in [6.07, 6.45) is -4.90. The summed E-state index contributed by atoms with van der Waals surface area (Å²) in [5.41, 5.74) is 0. The Balaban J connectivity index is 2.91. The van der Waals surface area contributed by atoms with Gasteiger partial charge in [0.05, 0.1) is 5.02 Å². The van der Waals surface area contributed by atoms with Crippen LogP contribution in [0.15, 0.2) is 18.3 Å². The Morgan fingerprint density at radius 2 is 1.88 bits per heavy atom. The quantitative estimate of drug-likeness (QED) is 0.843. The van der Waals surface area contributed by atoms with Crippen molar-refractivity contribution in [2.24, 2.45) is 0 Å². The van der Waals surface area contributed by atoms with Gasteiger partial charge in [-0.05, 0) is 12.1 Å². The minimum Gasteiger partial charge on any atom is -0.304 e. The van der Waals surface area contributed by atoms with Crippen molar-refractivity contribution in [2.45, 2.75) is 12.1 Å². The number of hydrogen-bond acceptors (Lipinski definition) is 2. The van der Waals surface area contributed by atoms with Gasteiger partial charge in [-0.15, -0.1) is 0 Å². The van der Waals surface area contributed by atoms with E-state index in [2.05, 4.69) is 4.98 Å². The molecule has 1 aromatic heterocycles. The van der Waals surface area contributed by atoms with Gasteiger partial charge in [-0.3, -0.25) is 4.79 Å². The fourth-order valence-corrected chi connectivity index (χ4v) is 0.961. The standard InChI is InChI=1S/C8H4ClF5N2O/c9-4-2-1-3-15-5(4)16-6(17)7(10,11)8(12,13)14/h1-3H,(H,15,16,17). The zero-order valence-corrected chi connectivity index (χ0v) is 8.61. The Labute approximate surface area is 96.6 Å². The van der Waals surface area contributed by atoms with Crippen LogP contribution < -0.4 is 5.32 Å². The number of pyridine rings is 1. The molecular weight excluding hydrogens is 271 g/mol. The molecule has 1 N–H and O–H groups in total. The van der Waals surface area contributed by atoms with E-state index < -0.39 is 23.8 Å². The molecular formula is C8H4ClF5N2O. The number of hydrogen-bond donors (Lipinski definition) is 1. The lowest BCUT2D eigenvalue weighted by molar-refractivity contribution is -0.267. The number of rotatable bonds is 2. The summed E-state index contributed by atoms with van der Waals surface area (Å²) >= 11 is 5.43. The SMILES string of the molecule is O=C(Nc1ncccc1Cl)C(F)(F)C(F)(F)F. The van der Waals surface area contributed by atoms with Crippen molar-refractivity contribution in [2.75, 3.05) is 5.32 Å². The Hall–Kier alpha value is -1.44. The Bertz CT molecular complexity index is 434. The first-order valence-corrected chi connectivity index (χ1v) is 4.40. The molecule has 0 radical (unpaired) electrons. The summed E-state index contributed by atoms with van der Waals surface area (Å²) in [6, 6.07) is 2.50. The second-order valence-electron chi connectivity index (χ2n) is 2.86. The van der Waals surface area contributed by atoms with E-state index >= 15 is 0 Å². The largest absolute Gasteiger partial charge is 0.463 e. The number of alkyl halides is 5. The summed E-state index contributed by atoms with van der Waals surface area (Å²) < 4.78 is 60.5. The summed E-state index contributed by atoms with van der Waals surface area (Å²) in [7, 11) is 0. The van der Waals surface area contributed by atoms with Gasteiger partial charge in [0.25, 0.3) is 0 Å². The number of anilines is 1. The van der Waals surface area contributed by atoms with E-state index in [1.54, 1.807) is 0 Å². The highest BCUT2D eigenvalue weighted by molar-refractivity contribution is 6.33. The van der Waals surface area contributed by atoms with Gasteiger partial charge in [0.2, 0.25) is 0 Å². The minimum atomic E-state index is -5.97. The molecule has 0 unspecified atom stereocenters. The molecule has 0 bridgehead atoms. The zero-order valence-electron chi connectivity index (χ0n) is 7.86. The number of amides is 1. The van der Waals surface area contributed by atoms with Gasteiger partial charge in [-0.2, -0.15) is 22.0 Å². The van der Waals surface area contributed by atoms with Crippen molar-refractivity contribution in [3.8, 4) is 0 Å². The smallest absolute Gasteiger partial charge is 0.304 e. The van der Waals surface area contributed by atoms with Crippen molar-refractivity contribution in [1.82, 2.24) is 4.98 Å². The maximum Gasteiger partial charge on any atom is 0.463 e. The molecule has 0 aliphatic rings. The molecule has 1 heterocycles. The van der Waals surface area contributed by atoms with Crippen LogP contribution in [0.4, 0.5) is 27.8 Å². The molecule has 0 saturated carbocycles. The lowest BCUT2D eigenvalue weighted by Crippen LogP contribution is -2.47. The molecule has 0 atom stereocenters. The van der Waals surface area contributed by atoms with Crippen LogP contribution in [0, 0.1) is 0 Å². The second kappa shape index (κ2) is 4.44. The molecule has 0 saturated heterocycles. The van der Waals surface area contributed by atoms with Crippen molar-refractivity contribution >= 4 is 23.3 Å². The van der Waals surface area contributed by atoms with E-state index in [0.29, 0.717) is 0 Å². The van der Waals surface area contributed by atoms with Crippen molar-refractivity contribution in [3.05, 3.63) is 23.4 Å². The molecule has 0 aliphatic carbocycles. The normalized spacial score (nSPS) is 12.4. The van der Waals surface area contributed by atoms with Gasteiger partial charge >= 0.3 is 18.0 Å². The van der Waals surface area contributed by atoms with Gasteiger partial charge in [-0.25, -0.2) is 4.98 Å². The average Bonchev–Trinajstić information content (AvgIpc) is 2.19. The lowest BCUT2D eigenvalue weighted by Gasteiger charge is -2.18. The van der Waals surface area contributed by atoms with Crippen LogP contribution in [-0.4, -0.2) is 23.0 Å². The maximum absolute atomic E-state index is 12.5. The van der Waals surface area contributed by atoms with Crippen molar-refractivity contribution in [1.29, 1.82) is 0 Å². The molecule has 94 valence electrons. The zero-order chi connectivity index (χ0) is 13.3. The van der Waals surface area contributed by atoms with Crippen molar-refractivity contribution in [3.63, 3.8) is 0 Å². The summed E-state index contributed by atoms with van der Waals surface area (Å²) in [5.74, 6) is -8.61. The third-order valence-corrected chi connectivity index (χ3v) is 1.94. The Morgan fingerprint density at radius 1 is 1.29 bits per heavy atom. The van der Waals surface area contributed by atoms with Crippen LogP contribution in [0.5, 0.6) is 0 Å². The topological polar surface area (TPSA) is 42.0 Å². The highest BCUT2D eigenvalue weighted by atomic mass is 35.5. The monoisotopic (exact) mass is 274 g/mol. The fourth-order valence-electron chi connectivity index (χ4n) is 0.792. The molecule has 0 spiro atoms. The van der Waals surface area contributed by atoms with Crippen LogP contribution >= 0.6 is 11.6 Å². The number of carbonyl (C=O) groups excluding carboxylic acids is 1. The number of halogens is 6. The van der Waals surface area contributed by atoms with Gasteiger partial charge in [0.15, 0.2) is 5.82 Å². The average molecular weight is 275 g/mol. The molecule has 9 heteroatoms. The summed E-state index contributed by atoms with van der Waals surface area (Å²) in [6.45, 7) is 0. The molecule has 1 amide bonds. The van der Waals surface area contributed by atoms with Crippen LogP contribution in [0.25, 0.3) is 0 Å². The van der Waals surface area contributed by atoms with E-state index in [-0.39, 0.29) is 5.02 Å². The van der Waals surface area contributed by atoms with Crippen molar-refractivity contribution < 1.29 is 26.7 Å². The van der Waals surface area contributed by atoms with E-state index in [1.807, 2.05) is 0 Å². The molecule has 17 heavy (non-hydrogen) atoms. The molecule has 1 rings (SSSR count). The second-order valence-corrected chi connectivity index (χ2v) is 3.27. The first-order chi connectivity index (χ1) is 7.66. The molecule has 3 nitrogen and oxygen atoms in total. The third-order valence-electron chi connectivity index (χ3n) is 1.63. The molecule has 1 aromatic rings. The van der Waals surface area contributed by atoms with Gasteiger partial charge in [0, 0.05) is 6.20 Å². The molecule has 0 aliphatic heterocycles. The maximum atomic E-state index is 12.5. The van der Waals surface area contributed by atoms with Crippen LogP contribution in [0.3, 0.4) is 0 Å². The predicted molar refractivity (Wildman–Crippen MR) is 48.9 cm³/mol. The number of aromatic nitrogens is 1. The first kappa shape index (κ1) is 13.6. The molecule has 0 fully saturated rings. The number of nitrogens with one attached hydrogen (secondary N) is 1. The van der Waals surface area contributed by atoms with Gasteiger partial charge in [-0.1, -0.05) is 11.6 Å².